The molecule has 1 fully saturated rings. The summed E-state index contributed by atoms with van der Waals surface area (Å²) in [5, 5.41) is 6.44. The molecule has 2 heterocycles. The third-order valence-electron chi connectivity index (χ3n) is 4.44. The quantitative estimate of drug-likeness (QED) is 0.785. The monoisotopic (exact) mass is 402 g/mol. The van der Waals surface area contributed by atoms with Crippen molar-refractivity contribution in [3.8, 4) is 10.4 Å². The molecular formula is C21H26N2O4S. The molecule has 0 bridgehead atoms. The number of hydrogen-bond acceptors (Lipinski definition) is 6. The van der Waals surface area contributed by atoms with Crippen molar-refractivity contribution in [3.05, 3.63) is 41.8 Å². The van der Waals surface area contributed by atoms with Crippen LogP contribution in [0.3, 0.4) is 0 Å². The molecule has 0 radical (unpaired) electrons. The van der Waals surface area contributed by atoms with Crippen LogP contribution < -0.4 is 5.32 Å². The molecule has 28 heavy (non-hydrogen) atoms. The van der Waals surface area contributed by atoms with Crippen LogP contribution in [-0.4, -0.2) is 36.3 Å². The molecule has 7 heteroatoms. The number of hydrogen-bond donors (Lipinski definition) is 1. The highest BCUT2D eigenvalue weighted by Crippen LogP contribution is 2.33. The zero-order chi connectivity index (χ0) is 20.1. The standard InChI is InChI=1S/C21H26N2O4S/c1-21(2,3)19(24)27-23-12-9-16(10-13-23)26-20(25)22-17-11-14-28-18(17)15-7-5-4-6-8-15/h4-8,11,14,16H,9-10,12-13H2,1-3H3,(H,22,25). The minimum atomic E-state index is -0.537. The number of carbonyl (C=O) groups is 2. The Hall–Kier alpha value is -2.38. The number of hydroxylamine groups is 2. The van der Waals surface area contributed by atoms with Crippen LogP contribution in [-0.2, 0) is 14.4 Å². The lowest BCUT2D eigenvalue weighted by Gasteiger charge is -2.31. The van der Waals surface area contributed by atoms with Crippen LogP contribution in [0, 0.1) is 5.41 Å². The number of nitrogens with one attached hydrogen (secondary N) is 1. The van der Waals surface area contributed by atoms with E-state index in [2.05, 4.69) is 5.32 Å². The lowest BCUT2D eigenvalue weighted by atomic mass is 9.98. The fraction of sp³-hybridized carbons (Fsp3) is 0.429. The van der Waals surface area contributed by atoms with E-state index in [-0.39, 0.29) is 12.1 Å². The van der Waals surface area contributed by atoms with Gasteiger partial charge in [0.15, 0.2) is 0 Å². The van der Waals surface area contributed by atoms with Gasteiger partial charge in [-0.3, -0.25) is 5.32 Å². The third kappa shape index (κ3) is 5.33. The van der Waals surface area contributed by atoms with Crippen LogP contribution in [0.15, 0.2) is 41.8 Å². The topological polar surface area (TPSA) is 67.9 Å². The van der Waals surface area contributed by atoms with Crippen molar-refractivity contribution in [2.24, 2.45) is 5.41 Å². The summed E-state index contributed by atoms with van der Waals surface area (Å²) in [5.74, 6) is -0.254. The number of nitrogens with zero attached hydrogens (tertiary/aromatic N) is 1. The summed E-state index contributed by atoms with van der Waals surface area (Å²) >= 11 is 1.57. The van der Waals surface area contributed by atoms with Crippen LogP contribution in [0.5, 0.6) is 0 Å². The highest BCUT2D eigenvalue weighted by atomic mass is 32.1. The lowest BCUT2D eigenvalue weighted by Crippen LogP contribution is -2.41. The SMILES string of the molecule is CC(C)(C)C(=O)ON1CCC(OC(=O)Nc2ccsc2-c2ccccc2)CC1. The van der Waals surface area contributed by atoms with Crippen molar-refractivity contribution in [2.75, 3.05) is 18.4 Å². The minimum Gasteiger partial charge on any atom is -0.446 e. The summed E-state index contributed by atoms with van der Waals surface area (Å²) in [4.78, 5) is 30.7. The number of ether oxygens (including phenoxy) is 1. The van der Waals surface area contributed by atoms with E-state index >= 15 is 0 Å². The second-order valence-electron chi connectivity index (χ2n) is 7.82. The Morgan fingerprint density at radius 3 is 2.43 bits per heavy atom. The molecule has 1 aliphatic rings. The Kier molecular flexibility index (Phi) is 6.36. The van der Waals surface area contributed by atoms with Gasteiger partial charge >= 0.3 is 12.1 Å². The van der Waals surface area contributed by atoms with Crippen LogP contribution in [0.1, 0.15) is 33.6 Å². The highest BCUT2D eigenvalue weighted by Gasteiger charge is 2.29. The second kappa shape index (κ2) is 8.75. The number of piperidine rings is 1. The zero-order valence-electron chi connectivity index (χ0n) is 16.4. The fourth-order valence-electron chi connectivity index (χ4n) is 2.81. The summed E-state index contributed by atoms with van der Waals surface area (Å²) in [6.45, 7) is 6.57. The first-order chi connectivity index (χ1) is 13.3. The van der Waals surface area contributed by atoms with Gasteiger partial charge in [0.2, 0.25) is 0 Å². The smallest absolute Gasteiger partial charge is 0.411 e. The number of amides is 1. The summed E-state index contributed by atoms with van der Waals surface area (Å²) in [6.07, 6.45) is 0.601. The zero-order valence-corrected chi connectivity index (χ0v) is 17.3. The molecule has 0 aliphatic carbocycles. The maximum absolute atomic E-state index is 12.3. The molecule has 1 aliphatic heterocycles. The number of carbonyl (C=O) groups excluding carboxylic acids is 2. The van der Waals surface area contributed by atoms with Crippen molar-refractivity contribution in [3.63, 3.8) is 0 Å². The average Bonchev–Trinajstić information content (AvgIpc) is 3.11. The average molecular weight is 403 g/mol. The van der Waals surface area contributed by atoms with Crippen LogP contribution >= 0.6 is 11.3 Å². The van der Waals surface area contributed by atoms with Gasteiger partial charge in [-0.2, -0.15) is 0 Å². The first-order valence-corrected chi connectivity index (χ1v) is 10.3. The van der Waals surface area contributed by atoms with E-state index in [1.165, 1.54) is 0 Å². The molecule has 1 N–H and O–H groups in total. The largest absolute Gasteiger partial charge is 0.446 e. The van der Waals surface area contributed by atoms with Gasteiger partial charge in [-0.1, -0.05) is 30.3 Å². The number of thiophene rings is 1. The van der Waals surface area contributed by atoms with Gasteiger partial charge in [-0.15, -0.1) is 16.4 Å². The minimum absolute atomic E-state index is 0.191. The molecule has 2 aromatic rings. The van der Waals surface area contributed by atoms with E-state index in [4.69, 9.17) is 9.57 Å². The number of rotatable bonds is 4. The van der Waals surface area contributed by atoms with Gasteiger partial charge in [-0.05, 0) is 37.8 Å². The normalized spacial score (nSPS) is 15.8. The molecule has 1 aromatic heterocycles. The Bertz CT molecular complexity index is 805. The van der Waals surface area contributed by atoms with Crippen molar-refractivity contribution in [2.45, 2.75) is 39.7 Å². The highest BCUT2D eigenvalue weighted by molar-refractivity contribution is 7.14. The van der Waals surface area contributed by atoms with E-state index in [1.54, 1.807) is 16.4 Å². The molecule has 0 saturated carbocycles. The molecule has 150 valence electrons. The molecule has 0 unspecified atom stereocenters. The van der Waals surface area contributed by atoms with Gasteiger partial charge in [0.25, 0.3) is 0 Å². The van der Waals surface area contributed by atoms with E-state index in [0.717, 1.165) is 16.1 Å². The lowest BCUT2D eigenvalue weighted by molar-refractivity contribution is -0.207. The van der Waals surface area contributed by atoms with E-state index < -0.39 is 11.5 Å². The van der Waals surface area contributed by atoms with Crippen LogP contribution in [0.2, 0.25) is 0 Å². The molecule has 3 rings (SSSR count). The van der Waals surface area contributed by atoms with Crippen molar-refractivity contribution >= 4 is 29.1 Å². The number of anilines is 1. The molecular weight excluding hydrogens is 376 g/mol. The molecule has 1 aromatic carbocycles. The Balaban J connectivity index is 1.48. The summed E-state index contributed by atoms with van der Waals surface area (Å²) < 4.78 is 5.56. The Labute approximate surface area is 169 Å². The van der Waals surface area contributed by atoms with Crippen LogP contribution in [0.4, 0.5) is 10.5 Å². The molecule has 1 amide bonds. The van der Waals surface area contributed by atoms with E-state index in [1.807, 2.05) is 62.5 Å². The summed E-state index contributed by atoms with van der Waals surface area (Å²) in [6, 6.07) is 11.8. The Morgan fingerprint density at radius 1 is 1.11 bits per heavy atom. The Morgan fingerprint density at radius 2 is 1.79 bits per heavy atom. The maximum atomic E-state index is 12.3. The predicted molar refractivity (Wildman–Crippen MR) is 110 cm³/mol. The molecule has 1 saturated heterocycles. The van der Waals surface area contributed by atoms with Crippen LogP contribution in [0.25, 0.3) is 10.4 Å². The third-order valence-corrected chi connectivity index (χ3v) is 5.40. The van der Waals surface area contributed by atoms with Gasteiger partial charge in [0, 0.05) is 25.9 Å². The van der Waals surface area contributed by atoms with Crippen molar-refractivity contribution in [1.82, 2.24) is 5.06 Å². The predicted octanol–water partition coefficient (Wildman–Crippen LogP) is 4.93. The van der Waals surface area contributed by atoms with Gasteiger partial charge in [0.05, 0.1) is 16.0 Å². The van der Waals surface area contributed by atoms with Gasteiger partial charge in [-0.25, -0.2) is 9.59 Å². The van der Waals surface area contributed by atoms with Gasteiger partial charge in [0.1, 0.15) is 6.10 Å². The van der Waals surface area contributed by atoms with Crippen molar-refractivity contribution < 1.29 is 19.2 Å². The van der Waals surface area contributed by atoms with E-state index in [0.29, 0.717) is 25.9 Å². The first kappa shape index (κ1) is 20.4. The molecule has 0 atom stereocenters. The first-order valence-electron chi connectivity index (χ1n) is 9.41. The number of benzene rings is 1. The summed E-state index contributed by atoms with van der Waals surface area (Å²) in [7, 11) is 0. The molecule has 6 nitrogen and oxygen atoms in total. The second-order valence-corrected chi connectivity index (χ2v) is 8.73. The summed E-state index contributed by atoms with van der Waals surface area (Å²) in [5.41, 5.74) is 1.27. The molecule has 0 spiro atoms. The fourth-order valence-corrected chi connectivity index (χ4v) is 3.67. The maximum Gasteiger partial charge on any atom is 0.411 e. The van der Waals surface area contributed by atoms with E-state index in [9.17, 15) is 9.59 Å². The van der Waals surface area contributed by atoms with Gasteiger partial charge < -0.3 is 9.57 Å². The van der Waals surface area contributed by atoms with Crippen molar-refractivity contribution in [1.29, 1.82) is 0 Å².